The molecule has 2 heteroatoms. The van der Waals surface area contributed by atoms with Gasteiger partial charge in [-0.25, -0.2) is 0 Å². The molecule has 0 saturated heterocycles. The summed E-state index contributed by atoms with van der Waals surface area (Å²) in [5.74, 6) is 1.10. The Hall–Kier alpha value is -0.860. The number of rotatable bonds is 5. The molecule has 2 nitrogen and oxygen atoms in total. The minimum atomic E-state index is -0.769. The topological polar surface area (TPSA) is 29.5 Å². The molecule has 0 spiro atoms. The third-order valence-electron chi connectivity index (χ3n) is 4.58. The molecule has 0 aliphatic heterocycles. The Balaban J connectivity index is 1.88. The summed E-state index contributed by atoms with van der Waals surface area (Å²) in [6.07, 6.45) is 6.19. The largest absolute Gasteiger partial charge is 0.382 e. The van der Waals surface area contributed by atoms with Gasteiger partial charge in [0.2, 0.25) is 0 Å². The molecule has 2 saturated carbocycles. The summed E-state index contributed by atoms with van der Waals surface area (Å²) in [6.45, 7) is 0.409. The zero-order valence-electron chi connectivity index (χ0n) is 11.1. The van der Waals surface area contributed by atoms with Crippen LogP contribution in [0, 0.1) is 5.92 Å². The van der Waals surface area contributed by atoms with Crippen LogP contribution in [0.1, 0.15) is 49.1 Å². The summed E-state index contributed by atoms with van der Waals surface area (Å²) in [6, 6.07) is 8.56. The summed E-state index contributed by atoms with van der Waals surface area (Å²) in [5.41, 5.74) is 1.68. The molecule has 2 aliphatic carbocycles. The predicted molar refractivity (Wildman–Crippen MR) is 71.5 cm³/mol. The fourth-order valence-electron chi connectivity index (χ4n) is 3.02. The van der Waals surface area contributed by atoms with Gasteiger partial charge in [-0.2, -0.15) is 0 Å². The van der Waals surface area contributed by atoms with Crippen molar-refractivity contribution in [3.05, 3.63) is 35.4 Å². The zero-order valence-corrected chi connectivity index (χ0v) is 11.1. The molecule has 98 valence electrons. The van der Waals surface area contributed by atoms with Crippen LogP contribution in [0.15, 0.2) is 24.3 Å². The fourth-order valence-corrected chi connectivity index (χ4v) is 3.02. The molecule has 1 N–H and O–H groups in total. The van der Waals surface area contributed by atoms with Crippen LogP contribution in [0.4, 0.5) is 0 Å². The minimum Gasteiger partial charge on any atom is -0.382 e. The average molecular weight is 246 g/mol. The fraction of sp³-hybridized carbons (Fsp3) is 0.625. The first kappa shape index (κ1) is 12.2. The monoisotopic (exact) mass is 246 g/mol. The second-order valence-corrected chi connectivity index (χ2v) is 5.88. The maximum Gasteiger partial charge on any atom is 0.116 e. The van der Waals surface area contributed by atoms with Gasteiger partial charge in [0, 0.05) is 7.11 Å². The lowest BCUT2D eigenvalue weighted by Gasteiger charge is -2.31. The summed E-state index contributed by atoms with van der Waals surface area (Å²) in [4.78, 5) is 0. The number of aliphatic hydroxyl groups is 1. The van der Waals surface area contributed by atoms with E-state index in [0.29, 0.717) is 12.5 Å². The number of hydrogen-bond donors (Lipinski definition) is 1. The molecule has 0 radical (unpaired) electrons. The lowest BCUT2D eigenvalue weighted by molar-refractivity contribution is -0.0533. The highest BCUT2D eigenvalue weighted by Gasteiger charge is 2.45. The van der Waals surface area contributed by atoms with Crippen molar-refractivity contribution in [3.8, 4) is 0 Å². The Kier molecular flexibility index (Phi) is 3.16. The summed E-state index contributed by atoms with van der Waals surface area (Å²) >= 11 is 0. The minimum absolute atomic E-state index is 0.383. The first-order valence-electron chi connectivity index (χ1n) is 7.06. The predicted octanol–water partition coefficient (Wildman–Crippen LogP) is 3.20. The molecule has 1 aromatic carbocycles. The molecule has 18 heavy (non-hydrogen) atoms. The van der Waals surface area contributed by atoms with Crippen LogP contribution in [0.5, 0.6) is 0 Å². The quantitative estimate of drug-likeness (QED) is 0.864. The van der Waals surface area contributed by atoms with E-state index in [1.54, 1.807) is 7.11 Å². The van der Waals surface area contributed by atoms with Gasteiger partial charge in [-0.3, -0.25) is 0 Å². The molecular formula is C16H22O2. The van der Waals surface area contributed by atoms with Gasteiger partial charge in [-0.1, -0.05) is 30.7 Å². The van der Waals surface area contributed by atoms with E-state index in [0.717, 1.165) is 24.3 Å². The van der Waals surface area contributed by atoms with Gasteiger partial charge in [0.15, 0.2) is 0 Å². The van der Waals surface area contributed by atoms with E-state index < -0.39 is 5.60 Å². The van der Waals surface area contributed by atoms with Crippen LogP contribution >= 0.6 is 0 Å². The van der Waals surface area contributed by atoms with Crippen molar-refractivity contribution in [2.24, 2.45) is 5.92 Å². The van der Waals surface area contributed by atoms with Crippen molar-refractivity contribution in [1.29, 1.82) is 0 Å². The molecule has 3 rings (SSSR count). The van der Waals surface area contributed by atoms with Crippen molar-refractivity contribution in [2.75, 3.05) is 13.7 Å². The van der Waals surface area contributed by atoms with Crippen LogP contribution in [0.3, 0.4) is 0 Å². The normalized spacial score (nSPS) is 23.4. The third kappa shape index (κ3) is 2.08. The van der Waals surface area contributed by atoms with E-state index in [9.17, 15) is 5.11 Å². The van der Waals surface area contributed by atoms with E-state index in [1.165, 1.54) is 24.8 Å². The lowest BCUT2D eigenvalue weighted by Crippen LogP contribution is -2.34. The Morgan fingerprint density at radius 1 is 1.28 bits per heavy atom. The van der Waals surface area contributed by atoms with E-state index in [1.807, 2.05) is 0 Å². The highest BCUT2D eigenvalue weighted by atomic mass is 16.5. The molecule has 2 aliphatic rings. The Morgan fingerprint density at radius 2 is 2.06 bits per heavy atom. The Morgan fingerprint density at radius 3 is 2.61 bits per heavy atom. The molecule has 1 unspecified atom stereocenters. The molecule has 1 atom stereocenters. The van der Waals surface area contributed by atoms with Crippen molar-refractivity contribution in [2.45, 2.75) is 43.6 Å². The van der Waals surface area contributed by atoms with E-state index in [4.69, 9.17) is 4.74 Å². The lowest BCUT2D eigenvalue weighted by atomic mass is 9.78. The number of methoxy groups -OCH3 is 1. The SMILES string of the molecule is COCC(O)(c1cccc(C2CCC2)c1)C1CC1. The van der Waals surface area contributed by atoms with E-state index in [2.05, 4.69) is 24.3 Å². The van der Waals surface area contributed by atoms with Gasteiger partial charge in [-0.05, 0) is 48.6 Å². The first-order chi connectivity index (χ1) is 8.74. The highest BCUT2D eigenvalue weighted by Crippen LogP contribution is 2.47. The van der Waals surface area contributed by atoms with Gasteiger partial charge >= 0.3 is 0 Å². The van der Waals surface area contributed by atoms with E-state index in [-0.39, 0.29) is 0 Å². The molecule has 0 bridgehead atoms. The molecular weight excluding hydrogens is 224 g/mol. The molecule has 0 heterocycles. The van der Waals surface area contributed by atoms with Crippen molar-refractivity contribution in [1.82, 2.24) is 0 Å². The van der Waals surface area contributed by atoms with Crippen LogP contribution in [0.25, 0.3) is 0 Å². The van der Waals surface area contributed by atoms with Crippen LogP contribution < -0.4 is 0 Å². The Labute approximate surface area is 109 Å². The van der Waals surface area contributed by atoms with Gasteiger partial charge in [-0.15, -0.1) is 0 Å². The first-order valence-corrected chi connectivity index (χ1v) is 7.06. The van der Waals surface area contributed by atoms with Crippen molar-refractivity contribution < 1.29 is 9.84 Å². The molecule has 0 aromatic heterocycles. The van der Waals surface area contributed by atoms with Crippen molar-refractivity contribution >= 4 is 0 Å². The second-order valence-electron chi connectivity index (χ2n) is 5.88. The number of hydrogen-bond acceptors (Lipinski definition) is 2. The van der Waals surface area contributed by atoms with Gasteiger partial charge in [0.25, 0.3) is 0 Å². The maximum atomic E-state index is 10.9. The summed E-state index contributed by atoms with van der Waals surface area (Å²) < 4.78 is 5.25. The number of ether oxygens (including phenoxy) is 1. The zero-order chi connectivity index (χ0) is 12.6. The van der Waals surface area contributed by atoms with Crippen LogP contribution in [0.2, 0.25) is 0 Å². The van der Waals surface area contributed by atoms with Gasteiger partial charge < -0.3 is 9.84 Å². The van der Waals surface area contributed by atoms with Crippen LogP contribution in [-0.2, 0) is 10.3 Å². The van der Waals surface area contributed by atoms with Crippen LogP contribution in [-0.4, -0.2) is 18.8 Å². The second kappa shape index (κ2) is 4.67. The standard InChI is InChI=1S/C16H22O2/c1-18-11-16(17,14-8-9-14)15-7-3-6-13(10-15)12-4-2-5-12/h3,6-7,10,12,14,17H,2,4-5,8-9,11H2,1H3. The Bertz CT molecular complexity index is 421. The molecule has 0 amide bonds. The highest BCUT2D eigenvalue weighted by molar-refractivity contribution is 5.33. The average Bonchev–Trinajstić information content (AvgIpc) is 3.11. The van der Waals surface area contributed by atoms with Gasteiger partial charge in [0.1, 0.15) is 5.60 Å². The van der Waals surface area contributed by atoms with Gasteiger partial charge in [0.05, 0.1) is 6.61 Å². The summed E-state index contributed by atoms with van der Waals surface area (Å²) in [7, 11) is 1.67. The smallest absolute Gasteiger partial charge is 0.116 e. The maximum absolute atomic E-state index is 10.9. The molecule has 1 aromatic rings. The number of benzene rings is 1. The molecule has 2 fully saturated rings. The third-order valence-corrected chi connectivity index (χ3v) is 4.58. The summed E-state index contributed by atoms with van der Waals surface area (Å²) in [5, 5.41) is 10.9. The van der Waals surface area contributed by atoms with E-state index >= 15 is 0 Å². The van der Waals surface area contributed by atoms with Crippen molar-refractivity contribution in [3.63, 3.8) is 0 Å².